The van der Waals surface area contributed by atoms with E-state index in [1.54, 1.807) is 0 Å². The fourth-order valence-electron chi connectivity index (χ4n) is 1.91. The Morgan fingerprint density at radius 2 is 1.93 bits per heavy atom. The molecule has 80 valence electrons. The highest BCUT2D eigenvalue weighted by Crippen LogP contribution is 2.11. The molecule has 0 unspecified atom stereocenters. The highest BCUT2D eigenvalue weighted by Gasteiger charge is 2.11. The molecule has 1 aliphatic rings. The summed E-state index contributed by atoms with van der Waals surface area (Å²) in [4.78, 5) is 4.51. The summed E-state index contributed by atoms with van der Waals surface area (Å²) in [6.07, 6.45) is 4.53. The lowest BCUT2D eigenvalue weighted by Crippen LogP contribution is -2.28. The molecular formula is C13H18N2. The van der Waals surface area contributed by atoms with Crippen molar-refractivity contribution in [3.05, 3.63) is 35.9 Å². The highest BCUT2D eigenvalue weighted by atomic mass is 14.9. The number of benzene rings is 1. The summed E-state index contributed by atoms with van der Waals surface area (Å²) in [5.74, 6) is 0.784. The van der Waals surface area contributed by atoms with Crippen LogP contribution in [0.4, 0.5) is 0 Å². The van der Waals surface area contributed by atoms with Gasteiger partial charge in [-0.2, -0.15) is 0 Å². The molecule has 0 saturated carbocycles. The second-order valence-electron chi connectivity index (χ2n) is 4.10. The van der Waals surface area contributed by atoms with Crippen LogP contribution in [0.15, 0.2) is 35.3 Å². The lowest BCUT2D eigenvalue weighted by Gasteiger charge is -2.20. The van der Waals surface area contributed by atoms with E-state index in [-0.39, 0.29) is 0 Å². The van der Waals surface area contributed by atoms with Gasteiger partial charge in [0.15, 0.2) is 0 Å². The zero-order chi connectivity index (χ0) is 10.3. The van der Waals surface area contributed by atoms with Crippen molar-refractivity contribution in [1.29, 1.82) is 0 Å². The van der Waals surface area contributed by atoms with Gasteiger partial charge in [0.25, 0.3) is 0 Å². The quantitative estimate of drug-likeness (QED) is 0.746. The molecule has 1 aromatic carbocycles. The second-order valence-corrected chi connectivity index (χ2v) is 4.10. The van der Waals surface area contributed by atoms with Crippen LogP contribution in [0.1, 0.15) is 18.4 Å². The van der Waals surface area contributed by atoms with Crippen molar-refractivity contribution >= 4 is 6.21 Å². The monoisotopic (exact) mass is 202 g/mol. The van der Waals surface area contributed by atoms with E-state index in [0.29, 0.717) is 0 Å². The fourth-order valence-corrected chi connectivity index (χ4v) is 1.91. The number of piperidine rings is 1. The number of hydrogen-bond donors (Lipinski definition) is 1. The summed E-state index contributed by atoms with van der Waals surface area (Å²) < 4.78 is 0. The zero-order valence-electron chi connectivity index (χ0n) is 9.02. The van der Waals surface area contributed by atoms with Crippen LogP contribution >= 0.6 is 0 Å². The zero-order valence-corrected chi connectivity index (χ0v) is 9.02. The standard InChI is InChI=1S/C13H18N2/c1-2-4-12(5-3-1)10-15-11-13-6-8-14-9-7-13/h1-5,10,13-14H,6-9,11H2/b15-10-. The summed E-state index contributed by atoms with van der Waals surface area (Å²) >= 11 is 0. The van der Waals surface area contributed by atoms with E-state index >= 15 is 0 Å². The predicted octanol–water partition coefficient (Wildman–Crippen LogP) is 2.11. The minimum atomic E-state index is 0.784. The van der Waals surface area contributed by atoms with Crippen LogP contribution in [0, 0.1) is 5.92 Å². The van der Waals surface area contributed by atoms with Crippen molar-refractivity contribution < 1.29 is 0 Å². The normalized spacial score (nSPS) is 18.4. The molecule has 0 aliphatic carbocycles. The van der Waals surface area contributed by atoms with Gasteiger partial charge in [0.2, 0.25) is 0 Å². The molecule has 0 spiro atoms. The molecule has 1 saturated heterocycles. The third-order valence-electron chi connectivity index (χ3n) is 2.86. The Kier molecular flexibility index (Phi) is 3.92. The van der Waals surface area contributed by atoms with Crippen LogP contribution in [-0.4, -0.2) is 25.8 Å². The van der Waals surface area contributed by atoms with Crippen molar-refractivity contribution in [3.63, 3.8) is 0 Å². The van der Waals surface area contributed by atoms with Crippen molar-refractivity contribution in [2.75, 3.05) is 19.6 Å². The minimum Gasteiger partial charge on any atom is -0.317 e. The molecule has 1 aliphatic heterocycles. The van der Waals surface area contributed by atoms with Crippen LogP contribution in [0.2, 0.25) is 0 Å². The first kappa shape index (κ1) is 10.4. The molecule has 15 heavy (non-hydrogen) atoms. The Morgan fingerprint density at radius 1 is 1.20 bits per heavy atom. The van der Waals surface area contributed by atoms with Crippen molar-refractivity contribution in [2.24, 2.45) is 10.9 Å². The van der Waals surface area contributed by atoms with Gasteiger partial charge in [-0.3, -0.25) is 4.99 Å². The SMILES string of the molecule is C(=N/CC1CCNCC1)/c1ccccc1. The molecule has 0 radical (unpaired) electrons. The predicted molar refractivity (Wildman–Crippen MR) is 64.5 cm³/mol. The first-order valence-corrected chi connectivity index (χ1v) is 5.71. The second kappa shape index (κ2) is 5.66. The number of aliphatic imine (C=N–C) groups is 1. The van der Waals surface area contributed by atoms with Crippen molar-refractivity contribution in [1.82, 2.24) is 5.32 Å². The summed E-state index contributed by atoms with van der Waals surface area (Å²) in [5, 5.41) is 3.37. The Hall–Kier alpha value is -1.15. The van der Waals surface area contributed by atoms with Gasteiger partial charge >= 0.3 is 0 Å². The highest BCUT2D eigenvalue weighted by molar-refractivity contribution is 5.79. The van der Waals surface area contributed by atoms with Crippen molar-refractivity contribution in [2.45, 2.75) is 12.8 Å². The average Bonchev–Trinajstić information content (AvgIpc) is 2.32. The van der Waals surface area contributed by atoms with Crippen LogP contribution in [0.25, 0.3) is 0 Å². The number of nitrogens with one attached hydrogen (secondary N) is 1. The molecule has 0 atom stereocenters. The van der Waals surface area contributed by atoms with E-state index in [4.69, 9.17) is 0 Å². The Morgan fingerprint density at radius 3 is 2.67 bits per heavy atom. The first-order valence-electron chi connectivity index (χ1n) is 5.71. The third kappa shape index (κ3) is 3.48. The van der Waals surface area contributed by atoms with Gasteiger partial charge in [-0.05, 0) is 37.4 Å². The van der Waals surface area contributed by atoms with E-state index in [1.165, 1.54) is 18.4 Å². The van der Waals surface area contributed by atoms with Gasteiger partial charge in [-0.15, -0.1) is 0 Å². The summed E-state index contributed by atoms with van der Waals surface area (Å²) in [7, 11) is 0. The van der Waals surface area contributed by atoms with E-state index in [0.717, 1.165) is 25.6 Å². The average molecular weight is 202 g/mol. The van der Waals surface area contributed by atoms with Gasteiger partial charge in [0.05, 0.1) is 0 Å². The van der Waals surface area contributed by atoms with Crippen molar-refractivity contribution in [3.8, 4) is 0 Å². The molecule has 1 N–H and O–H groups in total. The van der Waals surface area contributed by atoms with E-state index < -0.39 is 0 Å². The van der Waals surface area contributed by atoms with Crippen LogP contribution in [0.3, 0.4) is 0 Å². The summed E-state index contributed by atoms with van der Waals surface area (Å²) in [6.45, 7) is 3.30. The van der Waals surface area contributed by atoms with Crippen LogP contribution in [0.5, 0.6) is 0 Å². The molecular weight excluding hydrogens is 184 g/mol. The molecule has 2 heteroatoms. The topological polar surface area (TPSA) is 24.4 Å². The number of rotatable bonds is 3. The maximum Gasteiger partial charge on any atom is 0.0418 e. The Bertz CT molecular complexity index is 300. The smallest absolute Gasteiger partial charge is 0.0418 e. The Labute approximate surface area is 91.4 Å². The van der Waals surface area contributed by atoms with Gasteiger partial charge in [0, 0.05) is 12.8 Å². The maximum absolute atomic E-state index is 4.51. The van der Waals surface area contributed by atoms with E-state index in [2.05, 4.69) is 22.4 Å². The van der Waals surface area contributed by atoms with Gasteiger partial charge in [-0.1, -0.05) is 30.3 Å². The van der Waals surface area contributed by atoms with Gasteiger partial charge in [-0.25, -0.2) is 0 Å². The molecule has 0 amide bonds. The number of nitrogens with zero attached hydrogens (tertiary/aromatic N) is 1. The molecule has 1 fully saturated rings. The van der Waals surface area contributed by atoms with Crippen LogP contribution in [-0.2, 0) is 0 Å². The lowest BCUT2D eigenvalue weighted by atomic mass is 9.98. The largest absolute Gasteiger partial charge is 0.317 e. The number of hydrogen-bond acceptors (Lipinski definition) is 2. The van der Waals surface area contributed by atoms with E-state index in [9.17, 15) is 0 Å². The maximum atomic E-state index is 4.51. The van der Waals surface area contributed by atoms with Gasteiger partial charge in [0.1, 0.15) is 0 Å². The molecule has 0 bridgehead atoms. The lowest BCUT2D eigenvalue weighted by molar-refractivity contribution is 0.383. The first-order chi connectivity index (χ1) is 7.45. The summed E-state index contributed by atoms with van der Waals surface area (Å²) in [5.41, 5.74) is 1.20. The van der Waals surface area contributed by atoms with E-state index in [1.807, 2.05) is 24.4 Å². The minimum absolute atomic E-state index is 0.784. The third-order valence-corrected chi connectivity index (χ3v) is 2.86. The van der Waals surface area contributed by atoms with Crippen LogP contribution < -0.4 is 5.32 Å². The fraction of sp³-hybridized carbons (Fsp3) is 0.462. The molecule has 1 aromatic rings. The molecule has 2 nitrogen and oxygen atoms in total. The molecule has 1 heterocycles. The Balaban J connectivity index is 1.79. The molecule has 0 aromatic heterocycles. The van der Waals surface area contributed by atoms with Gasteiger partial charge < -0.3 is 5.32 Å². The summed E-state index contributed by atoms with van der Waals surface area (Å²) in [6, 6.07) is 10.3. The molecule has 2 rings (SSSR count).